The van der Waals surface area contributed by atoms with E-state index >= 15 is 0 Å². The molecule has 0 heterocycles. The molecule has 3 rings (SSSR count). The molecule has 0 aromatic heterocycles. The van der Waals surface area contributed by atoms with Gasteiger partial charge in [0, 0.05) is 17.5 Å². The van der Waals surface area contributed by atoms with Gasteiger partial charge in [-0.3, -0.25) is 9.59 Å². The maximum atomic E-state index is 13.0. The van der Waals surface area contributed by atoms with Crippen LogP contribution < -0.4 is 0 Å². The van der Waals surface area contributed by atoms with E-state index in [1.54, 1.807) is 31.2 Å². The van der Waals surface area contributed by atoms with Crippen molar-refractivity contribution in [3.63, 3.8) is 0 Å². The molecule has 2 atom stereocenters. The van der Waals surface area contributed by atoms with Crippen molar-refractivity contribution >= 4 is 35.0 Å². The van der Waals surface area contributed by atoms with E-state index in [1.807, 2.05) is 38.1 Å². The summed E-state index contributed by atoms with van der Waals surface area (Å²) in [5, 5.41) is 0. The lowest BCUT2D eigenvalue weighted by Gasteiger charge is -2.20. The Bertz CT molecular complexity index is 841. The number of ketones is 1. The average molecular weight is 391 g/mol. The molecule has 0 amide bonds. The van der Waals surface area contributed by atoms with Gasteiger partial charge >= 0.3 is 5.97 Å². The number of alkyl halides is 2. The predicted molar refractivity (Wildman–Crippen MR) is 103 cm³/mol. The summed E-state index contributed by atoms with van der Waals surface area (Å²) in [6, 6.07) is 14.5. The molecule has 0 spiro atoms. The number of rotatable bonds is 5. The molecular formula is C21H20Cl2O3. The molecule has 1 aliphatic carbocycles. The topological polar surface area (TPSA) is 43.4 Å². The Hall–Kier alpha value is -1.84. The first kappa shape index (κ1) is 18.9. The molecule has 26 heavy (non-hydrogen) atoms. The van der Waals surface area contributed by atoms with Crippen LogP contribution in [0.3, 0.4) is 0 Å². The van der Waals surface area contributed by atoms with E-state index in [-0.39, 0.29) is 5.78 Å². The highest BCUT2D eigenvalue weighted by atomic mass is 35.5. The number of hydrogen-bond donors (Lipinski definition) is 0. The highest BCUT2D eigenvalue weighted by molar-refractivity contribution is 6.53. The number of esters is 1. The van der Waals surface area contributed by atoms with Crippen LogP contribution >= 0.6 is 23.2 Å². The molecule has 1 aliphatic rings. The second kappa shape index (κ2) is 6.71. The van der Waals surface area contributed by atoms with Gasteiger partial charge in [0.1, 0.15) is 9.75 Å². The van der Waals surface area contributed by atoms with Crippen LogP contribution in [0.2, 0.25) is 0 Å². The summed E-state index contributed by atoms with van der Waals surface area (Å²) in [4.78, 5) is 25.7. The van der Waals surface area contributed by atoms with Gasteiger partial charge in [-0.1, -0.05) is 59.7 Å². The molecule has 3 nitrogen and oxygen atoms in total. The van der Waals surface area contributed by atoms with Crippen LogP contribution in [-0.2, 0) is 9.53 Å². The van der Waals surface area contributed by atoms with E-state index in [0.29, 0.717) is 17.5 Å². The lowest BCUT2D eigenvalue weighted by atomic mass is 9.98. The first-order valence-electron chi connectivity index (χ1n) is 8.40. The van der Waals surface area contributed by atoms with Crippen LogP contribution in [0, 0.1) is 19.3 Å². The number of hydrogen-bond acceptors (Lipinski definition) is 3. The van der Waals surface area contributed by atoms with Crippen LogP contribution in [0.25, 0.3) is 0 Å². The minimum Gasteiger partial charge on any atom is -0.448 e. The standard InChI is InChI=1S/C21H20Cl2O3/c1-13-4-8-15(9-5-13)17(24)18(16-10-6-14(2)7-11-16)26-19(25)20(3)12-21(20,22)23/h4-11,18H,12H2,1-3H3/t18-,20-/m1/s1. The Morgan fingerprint density at radius 2 is 1.42 bits per heavy atom. The Labute approximate surface area is 163 Å². The lowest BCUT2D eigenvalue weighted by Crippen LogP contribution is -2.27. The van der Waals surface area contributed by atoms with E-state index in [0.717, 1.165) is 11.1 Å². The number of aryl methyl sites for hydroxylation is 2. The zero-order valence-electron chi connectivity index (χ0n) is 14.9. The highest BCUT2D eigenvalue weighted by Gasteiger charge is 2.69. The first-order valence-corrected chi connectivity index (χ1v) is 9.16. The third-order valence-corrected chi connectivity index (χ3v) is 5.99. The van der Waals surface area contributed by atoms with Gasteiger partial charge in [-0.2, -0.15) is 0 Å². The number of halogens is 2. The largest absolute Gasteiger partial charge is 0.448 e. The second-order valence-corrected chi connectivity index (χ2v) is 8.62. The molecule has 0 aliphatic heterocycles. The van der Waals surface area contributed by atoms with Crippen LogP contribution in [0.1, 0.15) is 46.5 Å². The van der Waals surface area contributed by atoms with E-state index in [4.69, 9.17) is 27.9 Å². The molecule has 0 bridgehead atoms. The molecule has 2 aromatic carbocycles. The van der Waals surface area contributed by atoms with Crippen molar-refractivity contribution in [2.24, 2.45) is 5.41 Å². The fourth-order valence-corrected chi connectivity index (χ4v) is 3.43. The van der Waals surface area contributed by atoms with Gasteiger partial charge in [0.2, 0.25) is 5.78 Å². The first-order chi connectivity index (χ1) is 12.1. The number of benzene rings is 2. The molecule has 0 saturated heterocycles. The maximum absolute atomic E-state index is 13.0. The Balaban J connectivity index is 1.92. The lowest BCUT2D eigenvalue weighted by molar-refractivity contribution is -0.153. The van der Waals surface area contributed by atoms with Crippen molar-refractivity contribution < 1.29 is 14.3 Å². The normalized spacial score (nSPS) is 21.7. The summed E-state index contributed by atoms with van der Waals surface area (Å²) in [5.41, 5.74) is 2.21. The van der Waals surface area contributed by atoms with Gasteiger partial charge < -0.3 is 4.74 Å². The van der Waals surface area contributed by atoms with Gasteiger partial charge in [0.25, 0.3) is 0 Å². The van der Waals surface area contributed by atoms with Crippen LogP contribution in [-0.4, -0.2) is 16.1 Å². The Kier molecular flexibility index (Phi) is 4.89. The summed E-state index contributed by atoms with van der Waals surface area (Å²) in [6.07, 6.45) is -0.728. The van der Waals surface area contributed by atoms with Crippen molar-refractivity contribution in [2.45, 2.75) is 37.6 Å². The fraction of sp³-hybridized carbons (Fsp3) is 0.333. The monoisotopic (exact) mass is 390 g/mol. The van der Waals surface area contributed by atoms with Gasteiger partial charge in [-0.15, -0.1) is 23.2 Å². The molecule has 2 aromatic rings. The molecule has 0 radical (unpaired) electrons. The van der Waals surface area contributed by atoms with Gasteiger partial charge in [-0.05, 0) is 20.8 Å². The zero-order valence-corrected chi connectivity index (χ0v) is 16.4. The summed E-state index contributed by atoms with van der Waals surface area (Å²) >= 11 is 12.2. The van der Waals surface area contributed by atoms with Crippen LogP contribution in [0.15, 0.2) is 48.5 Å². The summed E-state index contributed by atoms with van der Waals surface area (Å²) < 4.78 is 4.48. The van der Waals surface area contributed by atoms with E-state index in [2.05, 4.69) is 0 Å². The van der Waals surface area contributed by atoms with E-state index < -0.39 is 21.8 Å². The zero-order chi connectivity index (χ0) is 19.1. The van der Waals surface area contributed by atoms with Crippen molar-refractivity contribution in [1.29, 1.82) is 0 Å². The van der Waals surface area contributed by atoms with Gasteiger partial charge in [0.15, 0.2) is 6.10 Å². The third-order valence-electron chi connectivity index (χ3n) is 4.89. The van der Waals surface area contributed by atoms with Crippen molar-refractivity contribution in [3.8, 4) is 0 Å². The maximum Gasteiger partial charge on any atom is 0.316 e. The van der Waals surface area contributed by atoms with Crippen LogP contribution in [0.4, 0.5) is 0 Å². The minimum absolute atomic E-state index is 0.277. The Morgan fingerprint density at radius 3 is 1.88 bits per heavy atom. The number of carbonyl (C=O) groups is 2. The summed E-state index contributed by atoms with van der Waals surface area (Å²) in [6.45, 7) is 5.55. The highest BCUT2D eigenvalue weighted by Crippen LogP contribution is 2.64. The van der Waals surface area contributed by atoms with Crippen molar-refractivity contribution in [3.05, 3.63) is 70.8 Å². The second-order valence-electron chi connectivity index (χ2n) is 7.14. The number of Topliss-reactive ketones (excluding diaryl/α,β-unsaturated/α-hetero) is 1. The average Bonchev–Trinajstić information content (AvgIpc) is 3.13. The van der Waals surface area contributed by atoms with Crippen molar-refractivity contribution in [1.82, 2.24) is 0 Å². The number of ether oxygens (including phenoxy) is 1. The van der Waals surface area contributed by atoms with Crippen molar-refractivity contribution in [2.75, 3.05) is 0 Å². The van der Waals surface area contributed by atoms with Gasteiger partial charge in [0.05, 0.1) is 0 Å². The molecule has 1 saturated carbocycles. The summed E-state index contributed by atoms with van der Waals surface area (Å²) in [5.74, 6) is -0.838. The minimum atomic E-state index is -1.14. The molecular weight excluding hydrogens is 371 g/mol. The molecule has 1 fully saturated rings. The van der Waals surface area contributed by atoms with Crippen LogP contribution in [0.5, 0.6) is 0 Å². The fourth-order valence-electron chi connectivity index (χ4n) is 2.74. The molecule has 136 valence electrons. The SMILES string of the molecule is Cc1ccc(C(=O)[C@H](OC(=O)[C@@]2(C)CC2(Cl)Cl)c2ccc(C)cc2)cc1. The quantitative estimate of drug-likeness (QED) is 0.392. The summed E-state index contributed by atoms with van der Waals surface area (Å²) in [7, 11) is 0. The third kappa shape index (κ3) is 3.51. The van der Waals surface area contributed by atoms with E-state index in [1.165, 1.54) is 0 Å². The van der Waals surface area contributed by atoms with Gasteiger partial charge in [-0.25, -0.2) is 0 Å². The molecule has 5 heteroatoms. The van der Waals surface area contributed by atoms with E-state index in [9.17, 15) is 9.59 Å². The molecule has 0 N–H and O–H groups in total. The smallest absolute Gasteiger partial charge is 0.316 e. The number of carbonyl (C=O) groups excluding carboxylic acids is 2. The predicted octanol–water partition coefficient (Wildman–Crippen LogP) is 5.35. The Morgan fingerprint density at radius 1 is 0.962 bits per heavy atom. The molecule has 0 unspecified atom stereocenters.